The van der Waals surface area contributed by atoms with Crippen LogP contribution in [0.3, 0.4) is 0 Å². The molecule has 2 rings (SSSR count). The van der Waals surface area contributed by atoms with Gasteiger partial charge in [-0.15, -0.1) is 0 Å². The summed E-state index contributed by atoms with van der Waals surface area (Å²) in [5.41, 5.74) is 1.11. The topological polar surface area (TPSA) is 71.0 Å². The minimum atomic E-state index is -0.104. The molecular formula is C11H19N5O. The van der Waals surface area contributed by atoms with Crippen molar-refractivity contribution in [1.82, 2.24) is 25.5 Å². The smallest absolute Gasteiger partial charge is 0.238 e. The number of aryl methyl sites for hydroxylation is 1. The Morgan fingerprint density at radius 2 is 2.53 bits per heavy atom. The number of amides is 1. The molecule has 1 aromatic rings. The third kappa shape index (κ3) is 3.28. The van der Waals surface area contributed by atoms with Crippen LogP contribution in [0.4, 0.5) is 0 Å². The van der Waals surface area contributed by atoms with E-state index in [2.05, 4.69) is 20.9 Å². The molecule has 0 radical (unpaired) electrons. The van der Waals surface area contributed by atoms with Gasteiger partial charge in [0, 0.05) is 44.6 Å². The third-order valence-electron chi connectivity index (χ3n) is 2.93. The van der Waals surface area contributed by atoms with E-state index in [0.29, 0.717) is 13.1 Å². The fraction of sp³-hybridized carbons (Fsp3) is 0.636. The van der Waals surface area contributed by atoms with E-state index in [1.54, 1.807) is 6.33 Å². The van der Waals surface area contributed by atoms with Gasteiger partial charge in [-0.1, -0.05) is 0 Å². The van der Waals surface area contributed by atoms with Crippen LogP contribution >= 0.6 is 0 Å². The summed E-state index contributed by atoms with van der Waals surface area (Å²) >= 11 is 0. The van der Waals surface area contributed by atoms with E-state index in [-0.39, 0.29) is 11.9 Å². The number of hydrogen-bond donors (Lipinski definition) is 3. The van der Waals surface area contributed by atoms with Crippen LogP contribution in [0.2, 0.25) is 0 Å². The monoisotopic (exact) mass is 237 g/mol. The summed E-state index contributed by atoms with van der Waals surface area (Å²) in [6.45, 7) is 5.88. The van der Waals surface area contributed by atoms with E-state index in [0.717, 1.165) is 25.3 Å². The predicted molar refractivity (Wildman–Crippen MR) is 64.6 cm³/mol. The molecule has 1 fully saturated rings. The van der Waals surface area contributed by atoms with Crippen molar-refractivity contribution < 1.29 is 4.79 Å². The predicted octanol–water partition coefficient (Wildman–Crippen LogP) is -1.13. The Hall–Kier alpha value is -1.40. The van der Waals surface area contributed by atoms with Crippen molar-refractivity contribution in [2.24, 2.45) is 0 Å². The van der Waals surface area contributed by atoms with E-state index in [1.807, 2.05) is 17.7 Å². The Kier molecular flexibility index (Phi) is 4.11. The molecule has 3 N–H and O–H groups in total. The molecule has 0 aliphatic carbocycles. The van der Waals surface area contributed by atoms with Gasteiger partial charge < -0.3 is 20.5 Å². The lowest BCUT2D eigenvalue weighted by atomic mass is 10.2. The summed E-state index contributed by atoms with van der Waals surface area (Å²) in [5.74, 6) is 0.0648. The van der Waals surface area contributed by atoms with Crippen LogP contribution in [-0.2, 0) is 11.3 Å². The molecule has 1 atom stereocenters. The van der Waals surface area contributed by atoms with Crippen LogP contribution in [0.5, 0.6) is 0 Å². The van der Waals surface area contributed by atoms with Crippen molar-refractivity contribution in [3.8, 4) is 0 Å². The molecule has 6 heteroatoms. The number of imidazole rings is 1. The maximum Gasteiger partial charge on any atom is 0.238 e. The first kappa shape index (κ1) is 12.1. The van der Waals surface area contributed by atoms with E-state index in [9.17, 15) is 4.79 Å². The summed E-state index contributed by atoms with van der Waals surface area (Å²) < 4.78 is 2.02. The number of nitrogens with zero attached hydrogens (tertiary/aromatic N) is 2. The molecule has 17 heavy (non-hydrogen) atoms. The maximum atomic E-state index is 11.8. The van der Waals surface area contributed by atoms with Crippen LogP contribution in [0, 0.1) is 6.92 Å². The molecule has 2 heterocycles. The van der Waals surface area contributed by atoms with Crippen LogP contribution in [-0.4, -0.2) is 47.7 Å². The van der Waals surface area contributed by atoms with Gasteiger partial charge in [-0.05, 0) is 6.92 Å². The van der Waals surface area contributed by atoms with Crippen molar-refractivity contribution in [1.29, 1.82) is 0 Å². The van der Waals surface area contributed by atoms with E-state index in [1.165, 1.54) is 0 Å². The zero-order chi connectivity index (χ0) is 12.1. The van der Waals surface area contributed by atoms with E-state index in [4.69, 9.17) is 0 Å². The number of nitrogens with one attached hydrogen (secondary N) is 3. The highest BCUT2D eigenvalue weighted by atomic mass is 16.2. The molecule has 1 aliphatic rings. The summed E-state index contributed by atoms with van der Waals surface area (Å²) in [6, 6.07) is -0.104. The second-order valence-corrected chi connectivity index (χ2v) is 4.23. The van der Waals surface area contributed by atoms with Gasteiger partial charge in [-0.3, -0.25) is 4.79 Å². The Balaban J connectivity index is 1.71. The summed E-state index contributed by atoms with van der Waals surface area (Å²) in [6.07, 6.45) is 3.59. The Morgan fingerprint density at radius 3 is 3.18 bits per heavy atom. The molecule has 0 spiro atoms. The minimum absolute atomic E-state index is 0.0648. The Labute approximate surface area is 101 Å². The standard InChI is InChI=1S/C11H19N5O/c1-9-6-13-8-16(9)5-4-15-11(17)10-7-12-2-3-14-10/h6,8,10,12,14H,2-5,7H2,1H3,(H,15,17)/t10-/m1/s1. The first-order valence-electron chi connectivity index (χ1n) is 5.96. The zero-order valence-corrected chi connectivity index (χ0v) is 10.1. The average Bonchev–Trinajstić information content (AvgIpc) is 2.76. The van der Waals surface area contributed by atoms with Crippen molar-refractivity contribution in [3.05, 3.63) is 18.2 Å². The fourth-order valence-electron chi connectivity index (χ4n) is 1.88. The zero-order valence-electron chi connectivity index (χ0n) is 10.1. The normalized spacial score (nSPS) is 20.2. The second-order valence-electron chi connectivity index (χ2n) is 4.23. The highest BCUT2D eigenvalue weighted by molar-refractivity contribution is 5.82. The minimum Gasteiger partial charge on any atom is -0.353 e. The van der Waals surface area contributed by atoms with Crippen molar-refractivity contribution in [3.63, 3.8) is 0 Å². The molecule has 0 unspecified atom stereocenters. The lowest BCUT2D eigenvalue weighted by Gasteiger charge is -2.23. The highest BCUT2D eigenvalue weighted by Gasteiger charge is 2.19. The lowest BCUT2D eigenvalue weighted by molar-refractivity contribution is -0.123. The van der Waals surface area contributed by atoms with Gasteiger partial charge in [-0.2, -0.15) is 0 Å². The maximum absolute atomic E-state index is 11.8. The molecular weight excluding hydrogens is 218 g/mol. The Bertz CT molecular complexity index is 370. The molecule has 1 aromatic heterocycles. The van der Waals surface area contributed by atoms with Gasteiger partial charge >= 0.3 is 0 Å². The van der Waals surface area contributed by atoms with Crippen LogP contribution in [0.1, 0.15) is 5.69 Å². The molecule has 0 bridgehead atoms. The molecule has 6 nitrogen and oxygen atoms in total. The largest absolute Gasteiger partial charge is 0.353 e. The second kappa shape index (κ2) is 5.79. The molecule has 1 amide bonds. The van der Waals surface area contributed by atoms with Crippen molar-refractivity contribution in [2.45, 2.75) is 19.5 Å². The number of carbonyl (C=O) groups excluding carboxylic acids is 1. The van der Waals surface area contributed by atoms with E-state index < -0.39 is 0 Å². The molecule has 0 saturated carbocycles. The first-order chi connectivity index (χ1) is 8.27. The number of rotatable bonds is 4. The lowest BCUT2D eigenvalue weighted by Crippen LogP contribution is -2.55. The molecule has 1 saturated heterocycles. The fourth-order valence-corrected chi connectivity index (χ4v) is 1.88. The van der Waals surface area contributed by atoms with Crippen LogP contribution < -0.4 is 16.0 Å². The van der Waals surface area contributed by atoms with Crippen molar-refractivity contribution in [2.75, 3.05) is 26.2 Å². The van der Waals surface area contributed by atoms with Gasteiger partial charge in [0.2, 0.25) is 5.91 Å². The van der Waals surface area contributed by atoms with Crippen molar-refractivity contribution >= 4 is 5.91 Å². The van der Waals surface area contributed by atoms with Crippen LogP contribution in [0.15, 0.2) is 12.5 Å². The van der Waals surface area contributed by atoms with Crippen LogP contribution in [0.25, 0.3) is 0 Å². The number of carbonyl (C=O) groups is 1. The van der Waals surface area contributed by atoms with Gasteiger partial charge in [0.05, 0.1) is 12.4 Å². The SMILES string of the molecule is Cc1cncn1CCNC(=O)[C@H]1CNCCN1. The number of piperazine rings is 1. The molecule has 0 aromatic carbocycles. The average molecular weight is 237 g/mol. The van der Waals surface area contributed by atoms with E-state index >= 15 is 0 Å². The molecule has 94 valence electrons. The van der Waals surface area contributed by atoms with Gasteiger partial charge in [0.1, 0.15) is 0 Å². The quantitative estimate of drug-likeness (QED) is 0.620. The summed E-state index contributed by atoms with van der Waals surface area (Å²) in [5, 5.41) is 9.30. The van der Waals surface area contributed by atoms with Gasteiger partial charge in [-0.25, -0.2) is 4.98 Å². The highest BCUT2D eigenvalue weighted by Crippen LogP contribution is 1.95. The number of aromatic nitrogens is 2. The van der Waals surface area contributed by atoms with Gasteiger partial charge in [0.15, 0.2) is 0 Å². The Morgan fingerprint density at radius 1 is 1.65 bits per heavy atom. The number of hydrogen-bond acceptors (Lipinski definition) is 4. The van der Waals surface area contributed by atoms with Gasteiger partial charge in [0.25, 0.3) is 0 Å². The molecule has 1 aliphatic heterocycles. The third-order valence-corrected chi connectivity index (χ3v) is 2.93. The first-order valence-corrected chi connectivity index (χ1v) is 5.96. The summed E-state index contributed by atoms with van der Waals surface area (Å²) in [7, 11) is 0. The summed E-state index contributed by atoms with van der Waals surface area (Å²) in [4.78, 5) is 15.8.